The third kappa shape index (κ3) is 3.48. The average molecular weight is 359 g/mol. The van der Waals surface area contributed by atoms with Gasteiger partial charge < -0.3 is 9.52 Å². The molecule has 4 aromatic rings. The van der Waals surface area contributed by atoms with Crippen LogP contribution in [0.1, 0.15) is 21.8 Å². The molecule has 1 N–H and O–H groups in total. The van der Waals surface area contributed by atoms with E-state index < -0.39 is 5.97 Å². The second kappa shape index (κ2) is 6.88. The Bertz CT molecular complexity index is 1160. The van der Waals surface area contributed by atoms with Gasteiger partial charge in [-0.1, -0.05) is 18.2 Å². The van der Waals surface area contributed by atoms with Crippen LogP contribution in [0.5, 0.6) is 0 Å². The van der Waals surface area contributed by atoms with Crippen LogP contribution in [0.25, 0.3) is 34.4 Å². The van der Waals surface area contributed by atoms with E-state index in [1.54, 1.807) is 54.6 Å². The highest BCUT2D eigenvalue weighted by Crippen LogP contribution is 2.24. The van der Waals surface area contributed by atoms with E-state index in [-0.39, 0.29) is 11.4 Å². The van der Waals surface area contributed by atoms with E-state index in [1.165, 1.54) is 18.2 Å². The highest BCUT2D eigenvalue weighted by Gasteiger charge is 2.10. The van der Waals surface area contributed by atoms with Crippen LogP contribution in [-0.4, -0.2) is 16.1 Å². The first-order chi connectivity index (χ1) is 13.1. The van der Waals surface area contributed by atoms with Crippen molar-refractivity contribution in [3.05, 3.63) is 89.6 Å². The normalized spacial score (nSPS) is 11.3. The van der Waals surface area contributed by atoms with Gasteiger partial charge in [0.15, 0.2) is 0 Å². The fraction of sp³-hybridized carbons (Fsp3) is 0. The van der Waals surface area contributed by atoms with Gasteiger partial charge in [-0.2, -0.15) is 0 Å². The van der Waals surface area contributed by atoms with Gasteiger partial charge in [0.1, 0.15) is 17.3 Å². The molecule has 2 aromatic carbocycles. The number of fused-ring (bicyclic) bond motifs is 1. The maximum absolute atomic E-state index is 13.0. The standard InChI is InChI=1S/C22H14FNO3/c23-15-7-5-14(6-8-15)21-12-11-17(27-21)10-9-16-13-19(22(25)26)18-3-1-2-4-20(18)24-16/h1-13H,(H,25,26). The zero-order valence-corrected chi connectivity index (χ0v) is 14.1. The lowest BCUT2D eigenvalue weighted by atomic mass is 10.1. The van der Waals surface area contributed by atoms with Crippen molar-refractivity contribution in [2.24, 2.45) is 0 Å². The van der Waals surface area contributed by atoms with Gasteiger partial charge in [0, 0.05) is 10.9 Å². The van der Waals surface area contributed by atoms with Gasteiger partial charge in [-0.15, -0.1) is 0 Å². The van der Waals surface area contributed by atoms with E-state index in [9.17, 15) is 14.3 Å². The Balaban J connectivity index is 1.65. The van der Waals surface area contributed by atoms with Crippen LogP contribution < -0.4 is 0 Å². The monoisotopic (exact) mass is 359 g/mol. The second-order valence-electron chi connectivity index (χ2n) is 5.96. The molecule has 0 unspecified atom stereocenters. The number of carbonyl (C=O) groups is 1. The number of hydrogen-bond acceptors (Lipinski definition) is 3. The van der Waals surface area contributed by atoms with Crippen molar-refractivity contribution in [1.82, 2.24) is 4.98 Å². The van der Waals surface area contributed by atoms with E-state index in [2.05, 4.69) is 4.98 Å². The van der Waals surface area contributed by atoms with Crippen molar-refractivity contribution in [1.29, 1.82) is 0 Å². The van der Waals surface area contributed by atoms with Crippen molar-refractivity contribution < 1.29 is 18.7 Å². The van der Waals surface area contributed by atoms with E-state index in [4.69, 9.17) is 4.42 Å². The van der Waals surface area contributed by atoms with E-state index in [0.29, 0.717) is 28.1 Å². The first-order valence-electron chi connectivity index (χ1n) is 8.27. The van der Waals surface area contributed by atoms with Gasteiger partial charge in [-0.25, -0.2) is 14.2 Å². The molecule has 4 nitrogen and oxygen atoms in total. The molecule has 0 atom stereocenters. The Morgan fingerprint density at radius 1 is 1.00 bits per heavy atom. The topological polar surface area (TPSA) is 63.3 Å². The Morgan fingerprint density at radius 2 is 1.78 bits per heavy atom. The first kappa shape index (κ1) is 16.7. The molecule has 0 aliphatic carbocycles. The molecule has 0 fully saturated rings. The summed E-state index contributed by atoms with van der Waals surface area (Å²) < 4.78 is 18.8. The molecule has 132 valence electrons. The van der Waals surface area contributed by atoms with Crippen molar-refractivity contribution in [3.63, 3.8) is 0 Å². The minimum Gasteiger partial charge on any atom is -0.478 e. The highest BCUT2D eigenvalue weighted by molar-refractivity contribution is 6.03. The van der Waals surface area contributed by atoms with Crippen molar-refractivity contribution in [2.45, 2.75) is 0 Å². The number of nitrogens with zero attached hydrogens (tertiary/aromatic N) is 1. The first-order valence-corrected chi connectivity index (χ1v) is 8.27. The Hall–Kier alpha value is -3.73. The molecule has 5 heteroatoms. The largest absolute Gasteiger partial charge is 0.478 e. The number of pyridine rings is 1. The molecular formula is C22H14FNO3. The van der Waals surface area contributed by atoms with E-state index in [0.717, 1.165) is 5.56 Å². The predicted molar refractivity (Wildman–Crippen MR) is 102 cm³/mol. The van der Waals surface area contributed by atoms with Gasteiger partial charge >= 0.3 is 5.97 Å². The summed E-state index contributed by atoms with van der Waals surface area (Å²) in [6.45, 7) is 0. The summed E-state index contributed by atoms with van der Waals surface area (Å²) in [5, 5.41) is 10.0. The van der Waals surface area contributed by atoms with E-state index in [1.807, 2.05) is 6.07 Å². The molecule has 27 heavy (non-hydrogen) atoms. The molecule has 0 saturated carbocycles. The Labute approximate surface area is 154 Å². The minimum absolute atomic E-state index is 0.201. The molecule has 0 bridgehead atoms. The number of carboxylic acids is 1. The zero-order chi connectivity index (χ0) is 18.8. The summed E-state index contributed by atoms with van der Waals surface area (Å²) in [5.74, 6) is -0.101. The van der Waals surface area contributed by atoms with Crippen LogP contribution in [0.15, 0.2) is 71.1 Å². The highest BCUT2D eigenvalue weighted by atomic mass is 19.1. The molecule has 0 aliphatic rings. The van der Waals surface area contributed by atoms with Crippen molar-refractivity contribution >= 4 is 29.0 Å². The predicted octanol–water partition coefficient (Wildman–Crippen LogP) is 5.50. The van der Waals surface area contributed by atoms with Crippen molar-refractivity contribution in [3.8, 4) is 11.3 Å². The molecule has 2 heterocycles. The fourth-order valence-corrected chi connectivity index (χ4v) is 2.84. The van der Waals surface area contributed by atoms with Crippen LogP contribution in [-0.2, 0) is 0 Å². The summed E-state index contributed by atoms with van der Waals surface area (Å²) in [6.07, 6.45) is 3.42. The third-order valence-electron chi connectivity index (χ3n) is 4.14. The van der Waals surface area contributed by atoms with E-state index >= 15 is 0 Å². The number of benzene rings is 2. The summed E-state index contributed by atoms with van der Waals surface area (Å²) >= 11 is 0. The van der Waals surface area contributed by atoms with Crippen LogP contribution >= 0.6 is 0 Å². The number of halogens is 1. The van der Waals surface area contributed by atoms with Crippen LogP contribution in [0.4, 0.5) is 4.39 Å². The lowest BCUT2D eigenvalue weighted by molar-refractivity contribution is 0.0699. The number of aromatic carboxylic acids is 1. The smallest absolute Gasteiger partial charge is 0.336 e. The summed E-state index contributed by atoms with van der Waals surface area (Å²) in [5.41, 5.74) is 2.11. The van der Waals surface area contributed by atoms with Gasteiger partial charge in [-0.3, -0.25) is 0 Å². The maximum Gasteiger partial charge on any atom is 0.336 e. The van der Waals surface area contributed by atoms with Crippen molar-refractivity contribution in [2.75, 3.05) is 0 Å². The summed E-state index contributed by atoms with van der Waals surface area (Å²) in [6, 6.07) is 18.3. The SMILES string of the molecule is O=C(O)c1cc(C=Cc2ccc(-c3ccc(F)cc3)o2)nc2ccccc12. The molecule has 4 rings (SSSR count). The lowest BCUT2D eigenvalue weighted by Gasteiger charge is -2.03. The van der Waals surface area contributed by atoms with Gasteiger partial charge in [-0.05, 0) is 60.7 Å². The minimum atomic E-state index is -1.00. The third-order valence-corrected chi connectivity index (χ3v) is 4.14. The molecule has 0 aliphatic heterocycles. The van der Waals surface area contributed by atoms with Gasteiger partial charge in [0.2, 0.25) is 0 Å². The number of aromatic nitrogens is 1. The summed E-state index contributed by atoms with van der Waals surface area (Å²) in [7, 11) is 0. The molecule has 0 amide bonds. The molecule has 0 spiro atoms. The van der Waals surface area contributed by atoms with Crippen LogP contribution in [0.3, 0.4) is 0 Å². The molecule has 0 radical (unpaired) electrons. The van der Waals surface area contributed by atoms with Gasteiger partial charge in [0.05, 0.1) is 16.8 Å². The average Bonchev–Trinajstić information content (AvgIpc) is 3.15. The van der Waals surface area contributed by atoms with Crippen LogP contribution in [0, 0.1) is 5.82 Å². The number of para-hydroxylation sites is 1. The zero-order valence-electron chi connectivity index (χ0n) is 14.1. The molecule has 2 aromatic heterocycles. The number of carboxylic acid groups (broad SMARTS) is 1. The number of rotatable bonds is 4. The fourth-order valence-electron chi connectivity index (χ4n) is 2.84. The molecule has 0 saturated heterocycles. The molecular weight excluding hydrogens is 345 g/mol. The maximum atomic E-state index is 13.0. The number of hydrogen-bond donors (Lipinski definition) is 1. The number of furan rings is 1. The lowest BCUT2D eigenvalue weighted by Crippen LogP contribution is -2.00. The van der Waals surface area contributed by atoms with Gasteiger partial charge in [0.25, 0.3) is 0 Å². The van der Waals surface area contributed by atoms with Crippen LogP contribution in [0.2, 0.25) is 0 Å². The summed E-state index contributed by atoms with van der Waals surface area (Å²) in [4.78, 5) is 16.0. The second-order valence-corrected chi connectivity index (χ2v) is 5.96. The quantitative estimate of drug-likeness (QED) is 0.522. The Kier molecular flexibility index (Phi) is 4.26. The Morgan fingerprint density at radius 3 is 2.56 bits per heavy atom.